The van der Waals surface area contributed by atoms with Crippen LogP contribution in [0.4, 0.5) is 0 Å². The summed E-state index contributed by atoms with van der Waals surface area (Å²) in [6.07, 6.45) is 0.511. The van der Waals surface area contributed by atoms with Crippen molar-refractivity contribution >= 4 is 40.0 Å². The predicted octanol–water partition coefficient (Wildman–Crippen LogP) is 5.42. The van der Waals surface area contributed by atoms with Crippen molar-refractivity contribution in [3.05, 3.63) is 116 Å². The van der Waals surface area contributed by atoms with Gasteiger partial charge in [0.1, 0.15) is 22.4 Å². The molecule has 2 atom stereocenters. The van der Waals surface area contributed by atoms with E-state index in [-0.39, 0.29) is 23.2 Å². The number of nitrogens with zero attached hydrogens (tertiary/aromatic N) is 1. The summed E-state index contributed by atoms with van der Waals surface area (Å²) < 4.78 is 0. The van der Waals surface area contributed by atoms with E-state index in [4.69, 9.17) is 33.9 Å². The molecule has 8 nitrogen and oxygen atoms in total. The van der Waals surface area contributed by atoms with E-state index in [1.54, 1.807) is 36.4 Å². The molecule has 10 heteroatoms. The molecule has 0 fully saturated rings. The van der Waals surface area contributed by atoms with Gasteiger partial charge in [-0.3, -0.25) is 9.59 Å². The van der Waals surface area contributed by atoms with Crippen molar-refractivity contribution in [1.29, 1.82) is 0 Å². The van der Waals surface area contributed by atoms with E-state index in [1.807, 2.05) is 36.4 Å². The van der Waals surface area contributed by atoms with Gasteiger partial charge in [-0.05, 0) is 41.8 Å². The number of H-pyrrole nitrogens is 2. The zero-order chi connectivity index (χ0) is 27.5. The number of imidazole rings is 1. The van der Waals surface area contributed by atoms with Crippen LogP contribution in [0.3, 0.4) is 0 Å². The average molecular weight is 562 g/mol. The van der Waals surface area contributed by atoms with E-state index < -0.39 is 17.6 Å². The van der Waals surface area contributed by atoms with Gasteiger partial charge in [-0.15, -0.1) is 0 Å². The molecule has 0 aliphatic carbocycles. The highest BCUT2D eigenvalue weighted by Gasteiger charge is 2.23. The number of hydrogen-bond donors (Lipinski definition) is 5. The third kappa shape index (κ3) is 6.15. The number of amides is 1. The van der Waals surface area contributed by atoms with Gasteiger partial charge in [-0.1, -0.05) is 71.7 Å². The third-order valence-corrected chi connectivity index (χ3v) is 6.91. The van der Waals surface area contributed by atoms with Gasteiger partial charge >= 0.3 is 0 Å². The Kier molecular flexibility index (Phi) is 7.70. The Labute approximate surface area is 233 Å². The van der Waals surface area contributed by atoms with E-state index >= 15 is 0 Å². The van der Waals surface area contributed by atoms with Gasteiger partial charge in [-0.2, -0.15) is 0 Å². The lowest BCUT2D eigenvalue weighted by atomic mass is 10.0. The summed E-state index contributed by atoms with van der Waals surface area (Å²) in [7, 11) is 0. The molecule has 0 radical (unpaired) electrons. The zero-order valence-corrected chi connectivity index (χ0v) is 22.1. The fraction of sp³-hybridized carbons (Fsp3) is 0.138. The Morgan fingerprint density at radius 3 is 2.56 bits per heavy atom. The fourth-order valence-electron chi connectivity index (χ4n) is 4.48. The molecule has 0 saturated heterocycles. The highest BCUT2D eigenvalue weighted by molar-refractivity contribution is 6.32. The summed E-state index contributed by atoms with van der Waals surface area (Å²) in [6.45, 7) is 0. The molecule has 0 spiro atoms. The standard InChI is InChI=1S/C29H25Cl2N5O3/c30-19-8-4-7-17(12-19)21(32)14-25(38)34-23(11-16-5-2-1-3-6-16)29-35-27(28(31)36-29)18-9-10-22-20(13-18)24(37)15-26(39)33-22/h1-10,12-13,15,21,23H,11,14,32H2,(H,34,38)(H,35,36)(H2,33,37,39). The van der Waals surface area contributed by atoms with Crippen molar-refractivity contribution in [3.63, 3.8) is 0 Å². The number of benzene rings is 3. The number of nitrogens with one attached hydrogen (secondary N) is 3. The lowest BCUT2D eigenvalue weighted by Gasteiger charge is -2.19. The Hall–Kier alpha value is -4.11. The number of rotatable bonds is 8. The summed E-state index contributed by atoms with van der Waals surface area (Å²) in [5, 5.41) is 14.6. The number of aromatic nitrogens is 3. The largest absolute Gasteiger partial charge is 0.507 e. The van der Waals surface area contributed by atoms with Crippen LogP contribution in [0, 0.1) is 0 Å². The van der Waals surface area contributed by atoms with Gasteiger partial charge in [0.2, 0.25) is 5.91 Å². The van der Waals surface area contributed by atoms with E-state index in [2.05, 4.69) is 15.3 Å². The second-order valence-corrected chi connectivity index (χ2v) is 10.1. The van der Waals surface area contributed by atoms with E-state index in [1.165, 1.54) is 0 Å². The number of nitrogens with two attached hydrogens (primary N) is 1. The predicted molar refractivity (Wildman–Crippen MR) is 153 cm³/mol. The number of carbonyl (C=O) groups is 1. The van der Waals surface area contributed by atoms with Crippen LogP contribution in [0.25, 0.3) is 22.2 Å². The number of fused-ring (bicyclic) bond motifs is 1. The highest BCUT2D eigenvalue weighted by Crippen LogP contribution is 2.32. The zero-order valence-electron chi connectivity index (χ0n) is 20.6. The Morgan fingerprint density at radius 1 is 1.00 bits per heavy atom. The monoisotopic (exact) mass is 561 g/mol. The van der Waals surface area contributed by atoms with Crippen molar-refractivity contribution in [2.45, 2.75) is 24.9 Å². The van der Waals surface area contributed by atoms with Crippen LogP contribution >= 0.6 is 23.2 Å². The first-order valence-corrected chi connectivity index (χ1v) is 13.0. The minimum atomic E-state index is -0.534. The first kappa shape index (κ1) is 26.5. The molecule has 39 heavy (non-hydrogen) atoms. The van der Waals surface area contributed by atoms with Crippen molar-refractivity contribution in [1.82, 2.24) is 20.3 Å². The molecule has 1 amide bonds. The first-order chi connectivity index (χ1) is 18.8. The van der Waals surface area contributed by atoms with E-state index in [0.29, 0.717) is 39.4 Å². The topological polar surface area (TPSA) is 137 Å². The van der Waals surface area contributed by atoms with Gasteiger partial charge in [0.15, 0.2) is 0 Å². The molecule has 6 N–H and O–H groups in total. The Bertz CT molecular complexity index is 1700. The number of halogens is 2. The number of aromatic hydroxyl groups is 1. The maximum absolute atomic E-state index is 13.1. The number of pyridine rings is 1. The summed E-state index contributed by atoms with van der Waals surface area (Å²) in [4.78, 5) is 35.3. The van der Waals surface area contributed by atoms with Crippen LogP contribution in [-0.2, 0) is 11.2 Å². The Balaban J connectivity index is 1.43. The highest BCUT2D eigenvalue weighted by atomic mass is 35.5. The number of aromatic amines is 2. The first-order valence-electron chi connectivity index (χ1n) is 12.2. The molecule has 5 rings (SSSR count). The maximum atomic E-state index is 13.1. The smallest absolute Gasteiger partial charge is 0.252 e. The lowest BCUT2D eigenvalue weighted by Crippen LogP contribution is -2.33. The molecule has 0 saturated carbocycles. The van der Waals surface area contributed by atoms with Crippen molar-refractivity contribution < 1.29 is 9.90 Å². The second-order valence-electron chi connectivity index (χ2n) is 9.24. The van der Waals surface area contributed by atoms with E-state index in [9.17, 15) is 14.7 Å². The SMILES string of the molecule is NC(CC(=O)NC(Cc1ccccc1)c1nc(-c2ccc3[nH]c(=O)cc(O)c3c2)c(Cl)[nH]1)c1cccc(Cl)c1. The van der Waals surface area contributed by atoms with Crippen LogP contribution in [0.2, 0.25) is 10.2 Å². The maximum Gasteiger partial charge on any atom is 0.252 e. The van der Waals surface area contributed by atoms with Crippen molar-refractivity contribution in [2.24, 2.45) is 5.73 Å². The van der Waals surface area contributed by atoms with Gasteiger partial charge in [0.05, 0.1) is 11.6 Å². The molecule has 198 valence electrons. The third-order valence-electron chi connectivity index (χ3n) is 6.40. The van der Waals surface area contributed by atoms with Gasteiger partial charge < -0.3 is 26.1 Å². The second kappa shape index (κ2) is 11.3. The van der Waals surface area contributed by atoms with Gasteiger partial charge in [0.25, 0.3) is 5.56 Å². The Morgan fingerprint density at radius 2 is 1.79 bits per heavy atom. The molecule has 0 bridgehead atoms. The number of hydrogen-bond acceptors (Lipinski definition) is 5. The molecule has 0 aliphatic rings. The minimum Gasteiger partial charge on any atom is -0.507 e. The number of carbonyl (C=O) groups excluding carboxylic acids is 1. The van der Waals surface area contributed by atoms with Crippen LogP contribution in [-0.4, -0.2) is 26.0 Å². The van der Waals surface area contributed by atoms with Crippen molar-refractivity contribution in [2.75, 3.05) is 0 Å². The molecule has 2 aromatic heterocycles. The van der Waals surface area contributed by atoms with Crippen LogP contribution < -0.4 is 16.6 Å². The fourth-order valence-corrected chi connectivity index (χ4v) is 4.93. The van der Waals surface area contributed by atoms with Crippen LogP contribution in [0.15, 0.2) is 83.7 Å². The molecule has 0 aliphatic heterocycles. The van der Waals surface area contributed by atoms with Crippen molar-refractivity contribution in [3.8, 4) is 17.0 Å². The molecule has 5 aromatic rings. The summed E-state index contributed by atoms with van der Waals surface area (Å²) in [5.41, 5.74) is 9.22. The summed E-state index contributed by atoms with van der Waals surface area (Å²) in [5.74, 6) is 0.0686. The molecule has 2 heterocycles. The normalized spacial score (nSPS) is 12.8. The summed E-state index contributed by atoms with van der Waals surface area (Å²) in [6, 6.07) is 22.0. The van der Waals surface area contributed by atoms with Gasteiger partial charge in [-0.25, -0.2) is 4.98 Å². The van der Waals surface area contributed by atoms with Crippen LogP contribution in [0.1, 0.15) is 35.5 Å². The molecule has 2 unspecified atom stereocenters. The quantitative estimate of drug-likeness (QED) is 0.172. The van der Waals surface area contributed by atoms with E-state index in [0.717, 1.165) is 17.2 Å². The minimum absolute atomic E-state index is 0.0507. The molecular weight excluding hydrogens is 537 g/mol. The molecular formula is C29H25Cl2N5O3. The molecule has 3 aromatic carbocycles. The van der Waals surface area contributed by atoms with Crippen LogP contribution in [0.5, 0.6) is 5.75 Å². The lowest BCUT2D eigenvalue weighted by molar-refractivity contribution is -0.122. The average Bonchev–Trinajstić information content (AvgIpc) is 3.30. The summed E-state index contributed by atoms with van der Waals surface area (Å²) >= 11 is 12.7. The van der Waals surface area contributed by atoms with Gasteiger partial charge in [0, 0.05) is 34.5 Å².